The molecule has 2 rings (SSSR count). The quantitative estimate of drug-likeness (QED) is 0.856. The zero-order chi connectivity index (χ0) is 13.7. The van der Waals surface area contributed by atoms with Crippen LogP contribution in [0.15, 0.2) is 18.3 Å². The SMILES string of the molecule is CCCNC(Cc1ncccc1C)C1CCOC1C. The lowest BCUT2D eigenvalue weighted by Gasteiger charge is -2.27. The lowest BCUT2D eigenvalue weighted by molar-refractivity contribution is 0.0952. The Morgan fingerprint density at radius 3 is 3.00 bits per heavy atom. The van der Waals surface area contributed by atoms with E-state index in [2.05, 4.69) is 37.1 Å². The van der Waals surface area contributed by atoms with Gasteiger partial charge in [0.15, 0.2) is 0 Å². The molecule has 3 nitrogen and oxygen atoms in total. The minimum absolute atomic E-state index is 0.360. The molecule has 1 aromatic rings. The Kier molecular flexibility index (Phi) is 5.34. The number of ether oxygens (including phenoxy) is 1. The summed E-state index contributed by atoms with van der Waals surface area (Å²) in [5.74, 6) is 0.605. The lowest BCUT2D eigenvalue weighted by Crippen LogP contribution is -2.41. The summed E-state index contributed by atoms with van der Waals surface area (Å²) in [5, 5.41) is 3.70. The Hall–Kier alpha value is -0.930. The number of hydrogen-bond acceptors (Lipinski definition) is 3. The van der Waals surface area contributed by atoms with E-state index in [1.54, 1.807) is 0 Å². The van der Waals surface area contributed by atoms with Crippen molar-refractivity contribution in [3.63, 3.8) is 0 Å². The van der Waals surface area contributed by atoms with Crippen LogP contribution in [0.25, 0.3) is 0 Å². The molecule has 1 saturated heterocycles. The highest BCUT2D eigenvalue weighted by atomic mass is 16.5. The standard InChI is InChI=1S/C16H26N2O/c1-4-8-17-16(14-7-10-19-13(14)3)11-15-12(2)6-5-9-18-15/h5-6,9,13-14,16-17H,4,7-8,10-11H2,1-3H3. The van der Waals surface area contributed by atoms with Crippen molar-refractivity contribution in [3.05, 3.63) is 29.6 Å². The van der Waals surface area contributed by atoms with Crippen molar-refractivity contribution in [1.82, 2.24) is 10.3 Å². The van der Waals surface area contributed by atoms with E-state index in [-0.39, 0.29) is 0 Å². The number of pyridine rings is 1. The highest BCUT2D eigenvalue weighted by Gasteiger charge is 2.31. The molecule has 1 aromatic heterocycles. The predicted octanol–water partition coefficient (Wildman–Crippen LogP) is 2.73. The van der Waals surface area contributed by atoms with Crippen LogP contribution in [0.5, 0.6) is 0 Å². The molecule has 2 heterocycles. The van der Waals surface area contributed by atoms with E-state index >= 15 is 0 Å². The predicted molar refractivity (Wildman–Crippen MR) is 78.3 cm³/mol. The molecule has 0 saturated carbocycles. The molecule has 19 heavy (non-hydrogen) atoms. The first-order chi connectivity index (χ1) is 9.22. The van der Waals surface area contributed by atoms with Crippen LogP contribution >= 0.6 is 0 Å². The minimum Gasteiger partial charge on any atom is -0.378 e. The largest absolute Gasteiger partial charge is 0.378 e. The maximum Gasteiger partial charge on any atom is 0.0590 e. The fraction of sp³-hybridized carbons (Fsp3) is 0.688. The van der Waals surface area contributed by atoms with Crippen LogP contribution in [0.1, 0.15) is 37.9 Å². The summed E-state index contributed by atoms with van der Waals surface area (Å²) in [7, 11) is 0. The first-order valence-electron chi connectivity index (χ1n) is 7.47. The van der Waals surface area contributed by atoms with Crippen molar-refractivity contribution in [2.75, 3.05) is 13.2 Å². The van der Waals surface area contributed by atoms with Gasteiger partial charge in [0, 0.05) is 36.9 Å². The molecule has 3 heteroatoms. The van der Waals surface area contributed by atoms with Gasteiger partial charge in [0.25, 0.3) is 0 Å². The summed E-state index contributed by atoms with van der Waals surface area (Å²) in [6.45, 7) is 8.53. The fourth-order valence-electron chi connectivity index (χ4n) is 2.92. The molecule has 0 bridgehead atoms. The van der Waals surface area contributed by atoms with Crippen molar-refractivity contribution in [2.24, 2.45) is 5.92 Å². The molecule has 106 valence electrons. The molecular weight excluding hydrogens is 236 g/mol. The molecule has 3 atom stereocenters. The van der Waals surface area contributed by atoms with Crippen molar-refractivity contribution < 1.29 is 4.74 Å². The third-order valence-corrected chi connectivity index (χ3v) is 4.14. The van der Waals surface area contributed by atoms with Gasteiger partial charge in [0.1, 0.15) is 0 Å². The van der Waals surface area contributed by atoms with Crippen molar-refractivity contribution in [3.8, 4) is 0 Å². The normalized spacial score (nSPS) is 24.6. The molecule has 0 aliphatic carbocycles. The van der Waals surface area contributed by atoms with E-state index in [0.29, 0.717) is 18.1 Å². The molecular formula is C16H26N2O. The maximum absolute atomic E-state index is 5.73. The van der Waals surface area contributed by atoms with Gasteiger partial charge in [-0.25, -0.2) is 0 Å². The zero-order valence-electron chi connectivity index (χ0n) is 12.4. The Labute approximate surface area is 116 Å². The summed E-state index contributed by atoms with van der Waals surface area (Å²) in [4.78, 5) is 4.54. The first-order valence-corrected chi connectivity index (χ1v) is 7.47. The van der Waals surface area contributed by atoms with Crippen LogP contribution in [0, 0.1) is 12.8 Å². The number of nitrogens with one attached hydrogen (secondary N) is 1. The fourth-order valence-corrected chi connectivity index (χ4v) is 2.92. The van der Waals surface area contributed by atoms with E-state index in [4.69, 9.17) is 4.74 Å². The van der Waals surface area contributed by atoms with Crippen LogP contribution in [0.4, 0.5) is 0 Å². The lowest BCUT2D eigenvalue weighted by atomic mass is 9.89. The van der Waals surface area contributed by atoms with Crippen molar-refractivity contribution in [1.29, 1.82) is 0 Å². The average molecular weight is 262 g/mol. The molecule has 0 radical (unpaired) electrons. The van der Waals surface area contributed by atoms with Gasteiger partial charge in [-0.15, -0.1) is 0 Å². The summed E-state index contributed by atoms with van der Waals surface area (Å²) in [6, 6.07) is 4.63. The van der Waals surface area contributed by atoms with Gasteiger partial charge in [-0.2, -0.15) is 0 Å². The first kappa shape index (κ1) is 14.5. The van der Waals surface area contributed by atoms with Crippen LogP contribution in [-0.2, 0) is 11.2 Å². The van der Waals surface area contributed by atoms with Gasteiger partial charge < -0.3 is 10.1 Å². The summed E-state index contributed by atoms with van der Waals surface area (Å²) in [5.41, 5.74) is 2.51. The second kappa shape index (κ2) is 7.01. The van der Waals surface area contributed by atoms with Crippen molar-refractivity contribution in [2.45, 2.75) is 52.2 Å². The highest BCUT2D eigenvalue weighted by molar-refractivity contribution is 5.19. The van der Waals surface area contributed by atoms with Crippen LogP contribution < -0.4 is 5.32 Å². The van der Waals surface area contributed by atoms with E-state index in [9.17, 15) is 0 Å². The van der Waals surface area contributed by atoms with Gasteiger partial charge in [0.05, 0.1) is 6.10 Å². The van der Waals surface area contributed by atoms with Gasteiger partial charge in [-0.1, -0.05) is 13.0 Å². The number of nitrogens with zero attached hydrogens (tertiary/aromatic N) is 1. The summed E-state index contributed by atoms with van der Waals surface area (Å²) < 4.78 is 5.73. The number of aromatic nitrogens is 1. The monoisotopic (exact) mass is 262 g/mol. The number of hydrogen-bond donors (Lipinski definition) is 1. The second-order valence-corrected chi connectivity index (χ2v) is 5.56. The Morgan fingerprint density at radius 2 is 2.37 bits per heavy atom. The van der Waals surface area contributed by atoms with Crippen LogP contribution in [0.3, 0.4) is 0 Å². The molecule has 3 unspecified atom stereocenters. The van der Waals surface area contributed by atoms with E-state index in [1.807, 2.05) is 12.3 Å². The minimum atomic E-state index is 0.360. The van der Waals surface area contributed by atoms with Gasteiger partial charge >= 0.3 is 0 Å². The van der Waals surface area contributed by atoms with E-state index in [1.165, 1.54) is 17.7 Å². The van der Waals surface area contributed by atoms with Gasteiger partial charge in [0.2, 0.25) is 0 Å². The highest BCUT2D eigenvalue weighted by Crippen LogP contribution is 2.26. The smallest absolute Gasteiger partial charge is 0.0590 e. The van der Waals surface area contributed by atoms with E-state index in [0.717, 1.165) is 26.0 Å². The molecule has 1 N–H and O–H groups in total. The zero-order valence-corrected chi connectivity index (χ0v) is 12.4. The molecule has 1 aliphatic heterocycles. The average Bonchev–Trinajstić information content (AvgIpc) is 2.83. The molecule has 0 aromatic carbocycles. The van der Waals surface area contributed by atoms with E-state index < -0.39 is 0 Å². The summed E-state index contributed by atoms with van der Waals surface area (Å²) in [6.07, 6.45) is 5.59. The molecule has 1 fully saturated rings. The molecule has 1 aliphatic rings. The Bertz CT molecular complexity index is 394. The third-order valence-electron chi connectivity index (χ3n) is 4.14. The Balaban J connectivity index is 2.07. The summed E-state index contributed by atoms with van der Waals surface area (Å²) >= 11 is 0. The van der Waals surface area contributed by atoms with Crippen LogP contribution in [-0.4, -0.2) is 30.3 Å². The maximum atomic E-state index is 5.73. The molecule has 0 spiro atoms. The third kappa shape index (κ3) is 3.77. The van der Waals surface area contributed by atoms with Gasteiger partial charge in [-0.05, 0) is 44.9 Å². The molecule has 0 amide bonds. The van der Waals surface area contributed by atoms with Crippen LogP contribution in [0.2, 0.25) is 0 Å². The second-order valence-electron chi connectivity index (χ2n) is 5.56. The number of rotatable bonds is 6. The van der Waals surface area contributed by atoms with Crippen molar-refractivity contribution >= 4 is 0 Å². The number of aryl methyl sites for hydroxylation is 1. The topological polar surface area (TPSA) is 34.2 Å². The van der Waals surface area contributed by atoms with Gasteiger partial charge in [-0.3, -0.25) is 4.98 Å². The Morgan fingerprint density at radius 1 is 1.53 bits per heavy atom.